The Kier molecular flexibility index (Phi) is 6.24. The van der Waals surface area contributed by atoms with Gasteiger partial charge in [0.1, 0.15) is 17.5 Å². The lowest BCUT2D eigenvalue weighted by Gasteiger charge is -2.49. The van der Waals surface area contributed by atoms with E-state index >= 15 is 4.39 Å². The number of piperidine rings is 2. The van der Waals surface area contributed by atoms with Crippen molar-refractivity contribution in [1.29, 1.82) is 0 Å². The van der Waals surface area contributed by atoms with E-state index in [0.717, 1.165) is 17.3 Å². The van der Waals surface area contributed by atoms with E-state index in [4.69, 9.17) is 9.47 Å². The van der Waals surface area contributed by atoms with Crippen LogP contribution in [0.5, 0.6) is 11.6 Å². The highest BCUT2D eigenvalue weighted by atomic mass is 79.9. The van der Waals surface area contributed by atoms with E-state index in [1.54, 1.807) is 37.8 Å². The predicted molar refractivity (Wildman–Crippen MR) is 118 cm³/mol. The Bertz CT molecular complexity index is 985. The number of halogens is 2. The summed E-state index contributed by atoms with van der Waals surface area (Å²) in [5, 5.41) is 18.1. The van der Waals surface area contributed by atoms with Crippen LogP contribution in [0.25, 0.3) is 11.4 Å². The van der Waals surface area contributed by atoms with Gasteiger partial charge in [-0.3, -0.25) is 4.90 Å². The van der Waals surface area contributed by atoms with Gasteiger partial charge in [-0.25, -0.2) is 14.2 Å². The van der Waals surface area contributed by atoms with Crippen molar-refractivity contribution < 1.29 is 23.8 Å². The third-order valence-corrected chi connectivity index (χ3v) is 6.13. The van der Waals surface area contributed by atoms with Crippen LogP contribution in [0.4, 0.5) is 9.18 Å². The number of nitrogens with zero attached hydrogens (tertiary/aromatic N) is 4. The average molecular weight is 509 g/mol. The van der Waals surface area contributed by atoms with Gasteiger partial charge in [-0.05, 0) is 58.2 Å². The molecule has 0 radical (unpaired) electrons. The van der Waals surface area contributed by atoms with Gasteiger partial charge in [-0.15, -0.1) is 10.2 Å². The normalized spacial score (nSPS) is 25.3. The molecule has 4 rings (SSSR count). The summed E-state index contributed by atoms with van der Waals surface area (Å²) in [5.74, 6) is 0.346. The lowest BCUT2D eigenvalue weighted by Crippen LogP contribution is -2.63. The van der Waals surface area contributed by atoms with Crippen molar-refractivity contribution in [3.05, 3.63) is 28.9 Å². The first-order valence-corrected chi connectivity index (χ1v) is 11.4. The van der Waals surface area contributed by atoms with Crippen molar-refractivity contribution in [2.45, 2.75) is 76.4 Å². The fraction of sp³-hybridized carbons (Fsp3) is 0.545. The summed E-state index contributed by atoms with van der Waals surface area (Å²) in [6.07, 6.45) is 1.28. The molecule has 2 aromatic rings. The highest BCUT2D eigenvalue weighted by molar-refractivity contribution is 9.10. The smallest absolute Gasteiger partial charge is 0.410 e. The molecule has 0 unspecified atom stereocenters. The molecule has 8 nitrogen and oxygen atoms in total. The van der Waals surface area contributed by atoms with Crippen LogP contribution in [0.2, 0.25) is 0 Å². The molecular weight excluding hydrogens is 483 g/mol. The Balaban J connectivity index is 1.47. The topological polar surface area (TPSA) is 97.7 Å². The molecule has 0 spiro atoms. The van der Waals surface area contributed by atoms with E-state index in [1.807, 2.05) is 0 Å². The molecule has 0 aliphatic carbocycles. The molecule has 2 bridgehead atoms. The molecule has 2 fully saturated rings. The molecule has 2 aliphatic rings. The molecule has 2 aliphatic heterocycles. The van der Waals surface area contributed by atoms with E-state index in [0.29, 0.717) is 18.4 Å². The van der Waals surface area contributed by atoms with E-state index in [-0.39, 0.29) is 23.5 Å². The third kappa shape index (κ3) is 4.79. The van der Waals surface area contributed by atoms with Crippen molar-refractivity contribution in [3.8, 4) is 23.0 Å². The summed E-state index contributed by atoms with van der Waals surface area (Å²) in [6, 6.07) is 4.21. The summed E-state index contributed by atoms with van der Waals surface area (Å²) in [4.78, 5) is 18.5. The molecule has 10 heteroatoms. The van der Waals surface area contributed by atoms with Crippen LogP contribution in [0, 0.1) is 0 Å². The molecule has 1 aromatic carbocycles. The summed E-state index contributed by atoms with van der Waals surface area (Å²) in [7, 11) is 0. The Morgan fingerprint density at radius 2 is 2.06 bits per heavy atom. The summed E-state index contributed by atoms with van der Waals surface area (Å²) < 4.78 is 27.5. The lowest BCUT2D eigenvalue weighted by molar-refractivity contribution is -0.0802. The van der Waals surface area contributed by atoms with Gasteiger partial charge in [0.15, 0.2) is 12.0 Å². The van der Waals surface area contributed by atoms with Crippen LogP contribution in [0.1, 0.15) is 46.5 Å². The van der Waals surface area contributed by atoms with Crippen molar-refractivity contribution in [2.24, 2.45) is 0 Å². The molecule has 1 aromatic heterocycles. The lowest BCUT2D eigenvalue weighted by atomic mass is 9.82. The first-order chi connectivity index (χ1) is 15.1. The SMILES string of the molecule is CC(C)(C)OC(=O)N1[C@@H]2CCC[C@H]1[C@H](F)[C@H](Oc1cnc(-c3ccc(Br)cc3O)nn1)C2. The van der Waals surface area contributed by atoms with Gasteiger partial charge in [0, 0.05) is 16.9 Å². The quantitative estimate of drug-likeness (QED) is 0.643. The summed E-state index contributed by atoms with van der Waals surface area (Å²) in [6.45, 7) is 5.40. The number of aromatic hydroxyl groups is 1. The second-order valence-corrected chi connectivity index (χ2v) is 10.1. The van der Waals surface area contributed by atoms with E-state index in [9.17, 15) is 9.90 Å². The van der Waals surface area contributed by atoms with Crippen LogP contribution >= 0.6 is 15.9 Å². The fourth-order valence-electron chi connectivity index (χ4n) is 4.30. The maximum Gasteiger partial charge on any atom is 0.410 e. The minimum absolute atomic E-state index is 0.0148. The number of alkyl halides is 1. The minimum atomic E-state index is -1.38. The molecule has 172 valence electrons. The highest BCUT2D eigenvalue weighted by Gasteiger charge is 2.49. The molecule has 2 saturated heterocycles. The first kappa shape index (κ1) is 22.7. The number of carbonyl (C=O) groups excluding carboxylic acids is 1. The Labute approximate surface area is 194 Å². The zero-order valence-corrected chi connectivity index (χ0v) is 19.7. The van der Waals surface area contributed by atoms with Crippen LogP contribution < -0.4 is 4.74 Å². The van der Waals surface area contributed by atoms with Gasteiger partial charge in [0.25, 0.3) is 5.88 Å². The Morgan fingerprint density at radius 1 is 1.28 bits per heavy atom. The van der Waals surface area contributed by atoms with Gasteiger partial charge in [0.05, 0.1) is 17.8 Å². The molecule has 32 heavy (non-hydrogen) atoms. The minimum Gasteiger partial charge on any atom is -0.507 e. The van der Waals surface area contributed by atoms with Crippen LogP contribution in [0.15, 0.2) is 28.9 Å². The largest absolute Gasteiger partial charge is 0.507 e. The molecule has 3 heterocycles. The zero-order valence-electron chi connectivity index (χ0n) is 18.2. The molecule has 4 atom stereocenters. The third-order valence-electron chi connectivity index (χ3n) is 5.63. The summed E-state index contributed by atoms with van der Waals surface area (Å²) >= 11 is 3.28. The van der Waals surface area contributed by atoms with Crippen molar-refractivity contribution in [3.63, 3.8) is 0 Å². The molecule has 1 amide bonds. The highest BCUT2D eigenvalue weighted by Crippen LogP contribution is 2.38. The maximum absolute atomic E-state index is 15.4. The maximum atomic E-state index is 15.4. The predicted octanol–water partition coefficient (Wildman–Crippen LogP) is 4.65. The van der Waals surface area contributed by atoms with Gasteiger partial charge >= 0.3 is 6.09 Å². The Morgan fingerprint density at radius 3 is 2.72 bits per heavy atom. The number of aromatic nitrogens is 3. The van der Waals surface area contributed by atoms with Crippen molar-refractivity contribution in [2.75, 3.05) is 0 Å². The number of rotatable bonds is 3. The van der Waals surface area contributed by atoms with Gasteiger partial charge in [-0.1, -0.05) is 15.9 Å². The van der Waals surface area contributed by atoms with Gasteiger partial charge < -0.3 is 14.6 Å². The number of fused-ring (bicyclic) bond motifs is 2. The molecular formula is C22H26BrFN4O4. The van der Waals surface area contributed by atoms with Crippen LogP contribution in [-0.2, 0) is 4.74 Å². The monoisotopic (exact) mass is 508 g/mol. The van der Waals surface area contributed by atoms with Gasteiger partial charge in [0.2, 0.25) is 0 Å². The van der Waals surface area contributed by atoms with E-state index < -0.39 is 30.0 Å². The Hall–Kier alpha value is -2.49. The second kappa shape index (κ2) is 8.80. The number of carbonyl (C=O) groups is 1. The number of hydrogen-bond donors (Lipinski definition) is 1. The zero-order chi connectivity index (χ0) is 23.0. The number of phenols is 1. The van der Waals surface area contributed by atoms with Crippen molar-refractivity contribution in [1.82, 2.24) is 20.1 Å². The number of ether oxygens (including phenoxy) is 2. The standard InChI is InChI=1S/C22H26BrFN4O4/c1-22(2,3)32-21(30)28-13-5-4-6-15(28)19(24)17(10-13)31-18-11-25-20(27-26-18)14-8-7-12(23)9-16(14)29/h7-9,11,13,15,17,19,29H,4-6,10H2,1-3H3/t13-,15+,17-,19+/m1/s1. The number of hydrogen-bond acceptors (Lipinski definition) is 7. The van der Waals surface area contributed by atoms with Crippen LogP contribution in [0.3, 0.4) is 0 Å². The average Bonchev–Trinajstić information content (AvgIpc) is 2.71. The van der Waals surface area contributed by atoms with Gasteiger partial charge in [-0.2, -0.15) is 0 Å². The number of amides is 1. The van der Waals surface area contributed by atoms with E-state index in [1.165, 1.54) is 12.3 Å². The van der Waals surface area contributed by atoms with Crippen LogP contribution in [-0.4, -0.2) is 61.2 Å². The number of benzene rings is 1. The van der Waals surface area contributed by atoms with Crippen molar-refractivity contribution >= 4 is 22.0 Å². The second-order valence-electron chi connectivity index (χ2n) is 9.16. The first-order valence-electron chi connectivity index (χ1n) is 10.6. The fourth-order valence-corrected chi connectivity index (χ4v) is 4.65. The molecule has 0 saturated carbocycles. The molecule has 1 N–H and O–H groups in total. The summed E-state index contributed by atoms with van der Waals surface area (Å²) in [5.41, 5.74) is -0.215. The van der Waals surface area contributed by atoms with E-state index in [2.05, 4.69) is 31.1 Å². The number of phenolic OH excluding ortho intramolecular Hbond substituents is 1.